The molecular formula is C35H39ClN2O3. The lowest BCUT2D eigenvalue weighted by Gasteiger charge is -2.10. The Morgan fingerprint density at radius 3 is 2.00 bits per heavy atom. The summed E-state index contributed by atoms with van der Waals surface area (Å²) in [6.07, 6.45) is 13.0. The summed E-state index contributed by atoms with van der Waals surface area (Å²) in [5.74, 6) is 0.808. The maximum absolute atomic E-state index is 12.9. The van der Waals surface area contributed by atoms with Gasteiger partial charge in [0.15, 0.2) is 0 Å². The monoisotopic (exact) mass is 570 g/mol. The predicted molar refractivity (Wildman–Crippen MR) is 168 cm³/mol. The van der Waals surface area contributed by atoms with E-state index in [1.165, 1.54) is 57.8 Å². The zero-order chi connectivity index (χ0) is 28.7. The number of halogens is 1. The van der Waals surface area contributed by atoms with Crippen LogP contribution in [0, 0.1) is 0 Å². The minimum atomic E-state index is -0.424. The molecule has 214 valence electrons. The maximum atomic E-state index is 12.9. The van der Waals surface area contributed by atoms with Gasteiger partial charge in [-0.3, -0.25) is 0 Å². The molecule has 0 fully saturated rings. The third-order valence-corrected chi connectivity index (χ3v) is 7.27. The Labute approximate surface area is 248 Å². The van der Waals surface area contributed by atoms with Crippen LogP contribution in [0.15, 0.2) is 95.2 Å². The van der Waals surface area contributed by atoms with Crippen molar-refractivity contribution in [2.24, 2.45) is 10.2 Å². The number of benzene rings is 4. The predicted octanol–water partition coefficient (Wildman–Crippen LogP) is 11.4. The van der Waals surface area contributed by atoms with E-state index in [1.807, 2.05) is 36.4 Å². The lowest BCUT2D eigenvalue weighted by molar-refractivity contribution is 0.0737. The highest BCUT2D eigenvalue weighted by Gasteiger charge is 2.13. The molecule has 0 atom stereocenters. The van der Waals surface area contributed by atoms with Crippen molar-refractivity contribution in [1.29, 1.82) is 0 Å². The standard InChI is InChI=1S/C35H39ClN2O3/c1-2-3-4-5-6-7-8-9-10-13-26-40-30-22-16-27(17-23-30)35(39)41-34-25-24-33(31-14-11-12-15-32(31)34)38-37-29-20-18-28(36)19-21-29/h11-12,14-25H,2-10,13,26H2,1H3. The SMILES string of the molecule is CCCCCCCCCCCCOc1ccc(C(=O)Oc2ccc(N=Nc3ccc(Cl)cc3)c3ccccc23)cc1. The van der Waals surface area contributed by atoms with Crippen LogP contribution in [0.2, 0.25) is 5.02 Å². The summed E-state index contributed by atoms with van der Waals surface area (Å²) in [6.45, 7) is 2.95. The number of rotatable bonds is 16. The van der Waals surface area contributed by atoms with E-state index in [0.29, 0.717) is 34.3 Å². The number of hydrogen-bond donors (Lipinski definition) is 0. The fourth-order valence-electron chi connectivity index (χ4n) is 4.68. The van der Waals surface area contributed by atoms with Crippen LogP contribution in [-0.4, -0.2) is 12.6 Å². The Morgan fingerprint density at radius 2 is 1.32 bits per heavy atom. The zero-order valence-electron chi connectivity index (χ0n) is 23.9. The van der Waals surface area contributed by atoms with Crippen molar-refractivity contribution in [3.05, 3.63) is 95.5 Å². The van der Waals surface area contributed by atoms with E-state index in [0.717, 1.165) is 22.9 Å². The number of hydrogen-bond acceptors (Lipinski definition) is 5. The summed E-state index contributed by atoms with van der Waals surface area (Å²) in [4.78, 5) is 12.9. The van der Waals surface area contributed by atoms with Gasteiger partial charge in [0.1, 0.15) is 11.5 Å². The van der Waals surface area contributed by atoms with Crippen molar-refractivity contribution in [3.8, 4) is 11.5 Å². The maximum Gasteiger partial charge on any atom is 0.343 e. The van der Waals surface area contributed by atoms with Crippen molar-refractivity contribution in [1.82, 2.24) is 0 Å². The Kier molecular flexibility index (Phi) is 12.2. The van der Waals surface area contributed by atoms with Crippen LogP contribution < -0.4 is 9.47 Å². The molecule has 5 nitrogen and oxygen atoms in total. The minimum Gasteiger partial charge on any atom is -0.494 e. The molecule has 0 heterocycles. The largest absolute Gasteiger partial charge is 0.494 e. The van der Waals surface area contributed by atoms with Gasteiger partial charge >= 0.3 is 5.97 Å². The number of azo groups is 1. The third-order valence-electron chi connectivity index (χ3n) is 7.02. The van der Waals surface area contributed by atoms with Gasteiger partial charge in [0.05, 0.1) is 23.5 Å². The summed E-state index contributed by atoms with van der Waals surface area (Å²) in [5.41, 5.74) is 1.84. The van der Waals surface area contributed by atoms with E-state index >= 15 is 0 Å². The second-order valence-electron chi connectivity index (χ2n) is 10.2. The van der Waals surface area contributed by atoms with Crippen LogP contribution in [0.5, 0.6) is 11.5 Å². The van der Waals surface area contributed by atoms with Crippen molar-refractivity contribution in [3.63, 3.8) is 0 Å². The Hall–Kier alpha value is -3.70. The molecule has 41 heavy (non-hydrogen) atoms. The van der Waals surface area contributed by atoms with Gasteiger partial charge in [0.25, 0.3) is 0 Å². The molecule has 4 aromatic carbocycles. The molecule has 6 heteroatoms. The van der Waals surface area contributed by atoms with Crippen LogP contribution in [0.4, 0.5) is 11.4 Å². The average Bonchev–Trinajstić information content (AvgIpc) is 3.00. The van der Waals surface area contributed by atoms with Crippen LogP contribution in [-0.2, 0) is 0 Å². The fourth-order valence-corrected chi connectivity index (χ4v) is 4.80. The first kappa shape index (κ1) is 30.3. The molecular weight excluding hydrogens is 532 g/mol. The Morgan fingerprint density at radius 1 is 0.683 bits per heavy atom. The first-order valence-corrected chi connectivity index (χ1v) is 15.2. The van der Waals surface area contributed by atoms with Gasteiger partial charge in [-0.25, -0.2) is 4.79 Å². The van der Waals surface area contributed by atoms with E-state index in [9.17, 15) is 4.79 Å². The molecule has 0 aliphatic heterocycles. The third kappa shape index (κ3) is 9.72. The molecule has 0 aliphatic rings. The summed E-state index contributed by atoms with van der Waals surface area (Å²) in [6, 6.07) is 25.5. The topological polar surface area (TPSA) is 60.2 Å². The lowest BCUT2D eigenvalue weighted by Crippen LogP contribution is -2.08. The molecule has 0 spiro atoms. The van der Waals surface area contributed by atoms with Crippen molar-refractivity contribution in [2.45, 2.75) is 71.1 Å². The van der Waals surface area contributed by atoms with Gasteiger partial charge in [0, 0.05) is 15.8 Å². The second kappa shape index (κ2) is 16.5. The number of unbranched alkanes of at least 4 members (excludes halogenated alkanes) is 9. The van der Waals surface area contributed by atoms with Crippen molar-refractivity contribution < 1.29 is 14.3 Å². The summed E-state index contributed by atoms with van der Waals surface area (Å²) < 4.78 is 11.7. The molecule has 0 saturated heterocycles. The number of carbonyl (C=O) groups is 1. The van der Waals surface area contributed by atoms with E-state index in [4.69, 9.17) is 21.1 Å². The van der Waals surface area contributed by atoms with Gasteiger partial charge in [-0.1, -0.05) is 101 Å². The first-order valence-electron chi connectivity index (χ1n) is 14.8. The van der Waals surface area contributed by atoms with Crippen molar-refractivity contribution in [2.75, 3.05) is 6.61 Å². The van der Waals surface area contributed by atoms with E-state index < -0.39 is 5.97 Å². The number of fused-ring (bicyclic) bond motifs is 1. The molecule has 0 unspecified atom stereocenters. The van der Waals surface area contributed by atoms with E-state index in [-0.39, 0.29) is 0 Å². The fraction of sp³-hybridized carbons (Fsp3) is 0.343. The number of esters is 1. The number of ether oxygens (including phenoxy) is 2. The molecule has 4 rings (SSSR count). The molecule has 0 aromatic heterocycles. The molecule has 0 radical (unpaired) electrons. The van der Waals surface area contributed by atoms with Crippen LogP contribution in [0.3, 0.4) is 0 Å². The highest BCUT2D eigenvalue weighted by atomic mass is 35.5. The average molecular weight is 571 g/mol. The number of carbonyl (C=O) groups excluding carboxylic acids is 1. The highest BCUT2D eigenvalue weighted by Crippen LogP contribution is 2.34. The molecule has 0 saturated carbocycles. The quantitative estimate of drug-likeness (QED) is 0.0582. The van der Waals surface area contributed by atoms with Gasteiger partial charge in [-0.15, -0.1) is 5.11 Å². The van der Waals surface area contributed by atoms with E-state index in [1.54, 1.807) is 48.5 Å². The first-order chi connectivity index (χ1) is 20.1. The summed E-state index contributed by atoms with van der Waals surface area (Å²) >= 11 is 5.95. The summed E-state index contributed by atoms with van der Waals surface area (Å²) in [7, 11) is 0. The van der Waals surface area contributed by atoms with E-state index in [2.05, 4.69) is 17.2 Å². The molecule has 0 amide bonds. The highest BCUT2D eigenvalue weighted by molar-refractivity contribution is 6.30. The van der Waals surface area contributed by atoms with Gasteiger partial charge < -0.3 is 9.47 Å². The van der Waals surface area contributed by atoms with Gasteiger partial charge in [-0.2, -0.15) is 5.11 Å². The Bertz CT molecular complexity index is 1400. The molecule has 0 aliphatic carbocycles. The molecule has 4 aromatic rings. The Balaban J connectivity index is 1.26. The van der Waals surface area contributed by atoms with Crippen molar-refractivity contribution >= 4 is 39.7 Å². The van der Waals surface area contributed by atoms with Gasteiger partial charge in [-0.05, 0) is 67.1 Å². The lowest BCUT2D eigenvalue weighted by atomic mass is 10.1. The smallest absolute Gasteiger partial charge is 0.343 e. The van der Waals surface area contributed by atoms with Gasteiger partial charge in [0.2, 0.25) is 0 Å². The minimum absolute atomic E-state index is 0.424. The molecule has 0 N–H and O–H groups in total. The zero-order valence-corrected chi connectivity index (χ0v) is 24.6. The summed E-state index contributed by atoms with van der Waals surface area (Å²) in [5, 5.41) is 11.0. The normalized spacial score (nSPS) is 11.3. The molecule has 0 bridgehead atoms. The van der Waals surface area contributed by atoms with Crippen LogP contribution in [0.25, 0.3) is 10.8 Å². The number of nitrogens with zero attached hydrogens (tertiary/aromatic N) is 2. The van der Waals surface area contributed by atoms with Crippen LogP contribution in [0.1, 0.15) is 81.5 Å². The van der Waals surface area contributed by atoms with Crippen LogP contribution >= 0.6 is 11.6 Å². The second-order valence-corrected chi connectivity index (χ2v) is 10.7.